The minimum Gasteiger partial charge on any atom is -0.481 e. The van der Waals surface area contributed by atoms with Crippen molar-refractivity contribution in [2.75, 3.05) is 20.2 Å². The van der Waals surface area contributed by atoms with Crippen molar-refractivity contribution < 1.29 is 4.74 Å². The number of hydrogen-bond donors (Lipinski definition) is 0. The molecule has 160 valence electrons. The first-order valence-electron chi connectivity index (χ1n) is 10.5. The molecule has 1 saturated heterocycles. The maximum Gasteiger partial charge on any atom is 0.332 e. The Morgan fingerprint density at radius 1 is 1.03 bits per heavy atom. The molecular weight excluding hydrogens is 394 g/mol. The van der Waals surface area contributed by atoms with Crippen LogP contribution in [0.5, 0.6) is 5.88 Å². The molecule has 1 aromatic carbocycles. The Labute approximate surface area is 179 Å². The predicted molar refractivity (Wildman–Crippen MR) is 115 cm³/mol. The lowest BCUT2D eigenvalue weighted by molar-refractivity contribution is 0.294. The van der Waals surface area contributed by atoms with Crippen LogP contribution in [0.15, 0.2) is 52.2 Å². The first-order valence-corrected chi connectivity index (χ1v) is 10.5. The number of rotatable bonds is 5. The second kappa shape index (κ2) is 7.77. The van der Waals surface area contributed by atoms with Crippen LogP contribution < -0.4 is 15.9 Å². The average Bonchev–Trinajstić information content (AvgIpc) is 3.32. The first kappa shape index (κ1) is 19.7. The Balaban J connectivity index is 1.40. The van der Waals surface area contributed by atoms with Crippen molar-refractivity contribution in [3.05, 3.63) is 85.8 Å². The minimum atomic E-state index is -0.554. The molecule has 5 rings (SSSR count). The first-order chi connectivity index (χ1) is 15.0. The van der Waals surface area contributed by atoms with Crippen LogP contribution in [-0.2, 0) is 19.6 Å². The second-order valence-corrected chi connectivity index (χ2v) is 8.45. The van der Waals surface area contributed by atoms with Gasteiger partial charge in [0.1, 0.15) is 5.82 Å². The fourth-order valence-electron chi connectivity index (χ4n) is 4.75. The van der Waals surface area contributed by atoms with E-state index in [9.17, 15) is 9.59 Å². The maximum atomic E-state index is 12.8. The summed E-state index contributed by atoms with van der Waals surface area (Å²) in [5.74, 6) is 1.78. The molecule has 8 nitrogen and oxygen atoms in total. The molecule has 0 unspecified atom stereocenters. The fraction of sp³-hybridized carbons (Fsp3) is 0.391. The van der Waals surface area contributed by atoms with E-state index in [2.05, 4.69) is 15.0 Å². The van der Waals surface area contributed by atoms with Crippen molar-refractivity contribution in [1.29, 1.82) is 0 Å². The molecule has 3 aromatic rings. The third-order valence-electron chi connectivity index (χ3n) is 6.32. The summed E-state index contributed by atoms with van der Waals surface area (Å²) in [5, 5.41) is 4.65. The van der Waals surface area contributed by atoms with Crippen molar-refractivity contribution >= 4 is 0 Å². The van der Waals surface area contributed by atoms with Gasteiger partial charge in [-0.25, -0.2) is 9.67 Å². The van der Waals surface area contributed by atoms with Crippen LogP contribution in [0, 0.1) is 12.8 Å². The lowest BCUT2D eigenvalue weighted by Gasteiger charge is -2.18. The normalized spacial score (nSPS) is 19.9. The number of ether oxygens (including phenoxy) is 1. The topological polar surface area (TPSA) is 82.2 Å². The number of benzene rings is 1. The molecule has 0 spiro atoms. The zero-order valence-electron chi connectivity index (χ0n) is 17.7. The van der Waals surface area contributed by atoms with E-state index >= 15 is 0 Å². The smallest absolute Gasteiger partial charge is 0.332 e. The number of hydrogen-bond acceptors (Lipinski definition) is 6. The SMILES string of the molecule is COc1ncccc1CN1C[C@@H]2Cn3c(nn(Cc4ccc(C)cc4)c(=O)c3=O)[C@@H]2C1. The number of likely N-dealkylation sites (tertiary alicyclic amines) is 1. The molecule has 31 heavy (non-hydrogen) atoms. The lowest BCUT2D eigenvalue weighted by atomic mass is 10.00. The summed E-state index contributed by atoms with van der Waals surface area (Å²) in [6.07, 6.45) is 1.72. The molecule has 8 heteroatoms. The van der Waals surface area contributed by atoms with Gasteiger partial charge in [0, 0.05) is 49.8 Å². The van der Waals surface area contributed by atoms with Gasteiger partial charge in [0.2, 0.25) is 5.88 Å². The number of aryl methyl sites for hydroxylation is 1. The number of nitrogens with zero attached hydrogens (tertiary/aromatic N) is 5. The highest BCUT2D eigenvalue weighted by Gasteiger charge is 2.42. The van der Waals surface area contributed by atoms with E-state index in [0.29, 0.717) is 19.0 Å². The van der Waals surface area contributed by atoms with Crippen molar-refractivity contribution in [1.82, 2.24) is 24.2 Å². The summed E-state index contributed by atoms with van der Waals surface area (Å²) >= 11 is 0. The molecule has 1 fully saturated rings. The van der Waals surface area contributed by atoms with Gasteiger partial charge in [0.05, 0.1) is 13.7 Å². The molecule has 4 heterocycles. The highest BCUT2D eigenvalue weighted by Crippen LogP contribution is 2.38. The van der Waals surface area contributed by atoms with E-state index in [0.717, 1.165) is 42.1 Å². The van der Waals surface area contributed by atoms with Crippen molar-refractivity contribution in [3.8, 4) is 5.88 Å². The zero-order chi connectivity index (χ0) is 21.5. The van der Waals surface area contributed by atoms with Crippen LogP contribution in [0.1, 0.15) is 28.4 Å². The molecule has 0 amide bonds. The van der Waals surface area contributed by atoms with E-state index in [1.165, 1.54) is 4.68 Å². The van der Waals surface area contributed by atoms with Crippen LogP contribution in [-0.4, -0.2) is 44.4 Å². The molecule has 0 radical (unpaired) electrons. The predicted octanol–water partition coefficient (Wildman–Crippen LogP) is 1.39. The molecule has 2 aliphatic heterocycles. The Kier molecular flexibility index (Phi) is 4.94. The number of fused-ring (bicyclic) bond motifs is 3. The Morgan fingerprint density at radius 2 is 1.84 bits per heavy atom. The summed E-state index contributed by atoms with van der Waals surface area (Å²) in [5.41, 5.74) is 2.13. The van der Waals surface area contributed by atoms with Gasteiger partial charge < -0.3 is 4.74 Å². The average molecular weight is 419 g/mol. The summed E-state index contributed by atoms with van der Waals surface area (Å²) in [6.45, 7) is 5.24. The standard InChI is InChI=1S/C23H25N5O3/c1-15-5-7-16(8-6-15)10-28-23(30)22(29)27-13-18-12-26(14-19(18)20(27)25-28)11-17-4-3-9-24-21(17)31-2/h3-9,18-19H,10-14H2,1-2H3/t18-,19-/m1/s1. The van der Waals surface area contributed by atoms with Gasteiger partial charge in [0.15, 0.2) is 0 Å². The van der Waals surface area contributed by atoms with Gasteiger partial charge in [-0.3, -0.25) is 19.1 Å². The third-order valence-corrected chi connectivity index (χ3v) is 6.32. The Morgan fingerprint density at radius 3 is 2.61 bits per heavy atom. The molecule has 2 aliphatic rings. The molecule has 0 saturated carbocycles. The Bertz CT molecular complexity index is 1230. The molecule has 0 N–H and O–H groups in total. The monoisotopic (exact) mass is 419 g/mol. The zero-order valence-corrected chi connectivity index (χ0v) is 17.7. The molecule has 2 aromatic heterocycles. The maximum absolute atomic E-state index is 12.8. The highest BCUT2D eigenvalue weighted by atomic mass is 16.5. The van der Waals surface area contributed by atoms with Gasteiger partial charge in [0.25, 0.3) is 0 Å². The van der Waals surface area contributed by atoms with Gasteiger partial charge in [-0.05, 0) is 18.6 Å². The van der Waals surface area contributed by atoms with Crippen LogP contribution in [0.3, 0.4) is 0 Å². The van der Waals surface area contributed by atoms with Crippen LogP contribution in [0.2, 0.25) is 0 Å². The van der Waals surface area contributed by atoms with Gasteiger partial charge in [-0.1, -0.05) is 35.9 Å². The van der Waals surface area contributed by atoms with Crippen molar-refractivity contribution in [2.45, 2.75) is 32.5 Å². The molecule has 0 aliphatic carbocycles. The van der Waals surface area contributed by atoms with Gasteiger partial charge >= 0.3 is 11.1 Å². The van der Waals surface area contributed by atoms with Crippen LogP contribution in [0.25, 0.3) is 0 Å². The lowest BCUT2D eigenvalue weighted by Crippen LogP contribution is -2.44. The summed E-state index contributed by atoms with van der Waals surface area (Å²) in [4.78, 5) is 32.0. The summed E-state index contributed by atoms with van der Waals surface area (Å²) in [6, 6.07) is 11.9. The van der Waals surface area contributed by atoms with E-state index in [-0.39, 0.29) is 11.8 Å². The van der Waals surface area contributed by atoms with E-state index < -0.39 is 11.1 Å². The van der Waals surface area contributed by atoms with Crippen LogP contribution >= 0.6 is 0 Å². The van der Waals surface area contributed by atoms with Gasteiger partial charge in [-0.15, -0.1) is 0 Å². The van der Waals surface area contributed by atoms with Crippen LogP contribution in [0.4, 0.5) is 0 Å². The number of methoxy groups -OCH3 is 1. The third kappa shape index (κ3) is 3.57. The minimum absolute atomic E-state index is 0.139. The number of aromatic nitrogens is 4. The van der Waals surface area contributed by atoms with Crippen molar-refractivity contribution in [3.63, 3.8) is 0 Å². The summed E-state index contributed by atoms with van der Waals surface area (Å²) in [7, 11) is 1.63. The largest absolute Gasteiger partial charge is 0.481 e. The second-order valence-electron chi connectivity index (χ2n) is 8.45. The summed E-state index contributed by atoms with van der Waals surface area (Å²) < 4.78 is 8.30. The van der Waals surface area contributed by atoms with E-state index in [1.807, 2.05) is 43.3 Å². The molecule has 0 bridgehead atoms. The fourth-order valence-corrected chi connectivity index (χ4v) is 4.75. The highest BCUT2D eigenvalue weighted by molar-refractivity contribution is 5.26. The number of pyridine rings is 1. The quantitative estimate of drug-likeness (QED) is 0.582. The molecule has 2 atom stereocenters. The van der Waals surface area contributed by atoms with E-state index in [4.69, 9.17) is 4.74 Å². The Hall–Kier alpha value is -3.26. The van der Waals surface area contributed by atoms with E-state index in [1.54, 1.807) is 17.9 Å². The van der Waals surface area contributed by atoms with Crippen molar-refractivity contribution in [2.24, 2.45) is 5.92 Å². The van der Waals surface area contributed by atoms with Gasteiger partial charge in [-0.2, -0.15) is 5.10 Å². The molecular formula is C23H25N5O3.